The van der Waals surface area contributed by atoms with Gasteiger partial charge in [-0.1, -0.05) is 54.1 Å². The number of anilines is 1. The zero-order valence-corrected chi connectivity index (χ0v) is 24.3. The summed E-state index contributed by atoms with van der Waals surface area (Å²) in [5.41, 5.74) is 3.85. The number of carbonyl (C=O) groups is 3. The zero-order valence-electron chi connectivity index (χ0n) is 24.3. The van der Waals surface area contributed by atoms with E-state index in [1.807, 2.05) is 37.3 Å². The Balaban J connectivity index is 1.49. The molecule has 43 heavy (non-hydrogen) atoms. The molecule has 0 aliphatic carbocycles. The first-order chi connectivity index (χ1) is 20.8. The molecule has 0 heterocycles. The minimum Gasteiger partial charge on any atom is -0.493 e. The van der Waals surface area contributed by atoms with Crippen LogP contribution in [0.1, 0.15) is 37.4 Å². The molecule has 0 bridgehead atoms. The number of benzene rings is 4. The molecule has 0 fully saturated rings. The number of allylic oxidation sites excluding steroid dienone is 1. The molecule has 2 amide bonds. The lowest BCUT2D eigenvalue weighted by molar-refractivity contribution is -0.113. The topological polar surface area (TPSA) is 103 Å². The van der Waals surface area contributed by atoms with Gasteiger partial charge in [0.2, 0.25) is 5.75 Å². The summed E-state index contributed by atoms with van der Waals surface area (Å²) >= 11 is 0. The Morgan fingerprint density at radius 2 is 1.37 bits per heavy atom. The summed E-state index contributed by atoms with van der Waals surface area (Å²) < 4.78 is 16.1. The fourth-order valence-electron chi connectivity index (χ4n) is 4.25. The maximum absolute atomic E-state index is 13.3. The monoisotopic (exact) mass is 576 g/mol. The third-order valence-corrected chi connectivity index (χ3v) is 6.42. The normalized spacial score (nSPS) is 11.1. The number of nitrogens with one attached hydrogen (secondary N) is 2. The van der Waals surface area contributed by atoms with E-state index in [0.29, 0.717) is 39.6 Å². The fraction of sp³-hybridized carbons (Fsp3) is 0.114. The van der Waals surface area contributed by atoms with Crippen LogP contribution >= 0.6 is 0 Å². The Morgan fingerprint density at radius 1 is 0.698 bits per heavy atom. The first-order valence-corrected chi connectivity index (χ1v) is 13.4. The maximum atomic E-state index is 13.3. The molecule has 4 aromatic carbocycles. The molecule has 4 rings (SSSR count). The highest BCUT2D eigenvalue weighted by atomic mass is 16.5. The molecule has 0 spiro atoms. The number of methoxy groups -OCH3 is 3. The second-order valence-corrected chi connectivity index (χ2v) is 9.48. The second kappa shape index (κ2) is 14.3. The van der Waals surface area contributed by atoms with Crippen LogP contribution < -0.4 is 24.8 Å². The van der Waals surface area contributed by atoms with Crippen LogP contribution in [0.25, 0.3) is 12.2 Å². The molecular weight excluding hydrogens is 544 g/mol. The number of rotatable bonds is 11. The van der Waals surface area contributed by atoms with Crippen molar-refractivity contribution in [1.29, 1.82) is 0 Å². The van der Waals surface area contributed by atoms with Crippen molar-refractivity contribution in [2.24, 2.45) is 0 Å². The smallest absolute Gasteiger partial charge is 0.272 e. The summed E-state index contributed by atoms with van der Waals surface area (Å²) in [5, 5.41) is 5.53. The van der Waals surface area contributed by atoms with Crippen molar-refractivity contribution in [2.45, 2.75) is 6.92 Å². The van der Waals surface area contributed by atoms with Crippen LogP contribution in [-0.4, -0.2) is 38.9 Å². The molecule has 2 N–H and O–H groups in total. The van der Waals surface area contributed by atoms with E-state index in [2.05, 4.69) is 10.6 Å². The Hall–Kier alpha value is -5.63. The van der Waals surface area contributed by atoms with Gasteiger partial charge in [-0.05, 0) is 78.7 Å². The molecule has 8 nitrogen and oxygen atoms in total. The van der Waals surface area contributed by atoms with Crippen LogP contribution in [0.15, 0.2) is 103 Å². The van der Waals surface area contributed by atoms with E-state index in [1.54, 1.807) is 72.8 Å². The Morgan fingerprint density at radius 3 is 1.98 bits per heavy atom. The number of hydrogen-bond donors (Lipinski definition) is 2. The Kier molecular flexibility index (Phi) is 10.1. The minimum absolute atomic E-state index is 0.0767. The van der Waals surface area contributed by atoms with Crippen molar-refractivity contribution in [3.8, 4) is 17.2 Å². The van der Waals surface area contributed by atoms with Gasteiger partial charge in [0.25, 0.3) is 11.8 Å². The molecule has 4 aromatic rings. The first kappa shape index (κ1) is 30.3. The van der Waals surface area contributed by atoms with Gasteiger partial charge in [0.1, 0.15) is 5.70 Å². The number of ketones is 1. The molecule has 218 valence electrons. The van der Waals surface area contributed by atoms with Crippen molar-refractivity contribution < 1.29 is 28.6 Å². The van der Waals surface area contributed by atoms with Crippen LogP contribution in [0.4, 0.5) is 5.69 Å². The van der Waals surface area contributed by atoms with Crippen molar-refractivity contribution >= 4 is 35.4 Å². The number of hydrogen-bond acceptors (Lipinski definition) is 6. The number of carbonyl (C=O) groups excluding carboxylic acids is 3. The minimum atomic E-state index is -0.507. The standard InChI is InChI=1S/C35H32N2O6/c1-23-9-8-10-24(19-23)20-29(37-34(39)27-11-6-5-7-12-27)35(40)36-28-16-14-26(15-17-28)30(38)18-13-25-21-31(41-2)33(43-4)32(22-25)42-3/h5-22H,1-4H3,(H,36,40)(H,37,39)/b18-13+,29-20-. The summed E-state index contributed by atoms with van der Waals surface area (Å²) in [4.78, 5) is 39.0. The summed E-state index contributed by atoms with van der Waals surface area (Å²) in [6, 6.07) is 26.2. The van der Waals surface area contributed by atoms with Gasteiger partial charge in [0.05, 0.1) is 21.3 Å². The van der Waals surface area contributed by atoms with Crippen molar-refractivity contribution in [1.82, 2.24) is 5.32 Å². The first-order valence-electron chi connectivity index (χ1n) is 13.4. The van der Waals surface area contributed by atoms with Crippen molar-refractivity contribution in [3.63, 3.8) is 0 Å². The Labute approximate surface area is 250 Å². The average molecular weight is 577 g/mol. The molecule has 8 heteroatoms. The van der Waals surface area contributed by atoms with E-state index in [-0.39, 0.29) is 11.5 Å². The maximum Gasteiger partial charge on any atom is 0.272 e. The molecule has 0 unspecified atom stereocenters. The highest BCUT2D eigenvalue weighted by Crippen LogP contribution is 2.38. The van der Waals surface area contributed by atoms with Gasteiger partial charge in [-0.15, -0.1) is 0 Å². The van der Waals surface area contributed by atoms with Crippen molar-refractivity contribution in [2.75, 3.05) is 26.6 Å². The van der Waals surface area contributed by atoms with Gasteiger partial charge in [-0.2, -0.15) is 0 Å². The molecular formula is C35H32N2O6. The molecule has 0 radical (unpaired) electrons. The largest absolute Gasteiger partial charge is 0.493 e. The summed E-state index contributed by atoms with van der Waals surface area (Å²) in [6.45, 7) is 1.95. The molecule has 0 aliphatic heterocycles. The number of amides is 2. The lowest BCUT2D eigenvalue weighted by Crippen LogP contribution is -2.30. The van der Waals surface area contributed by atoms with E-state index in [9.17, 15) is 14.4 Å². The predicted octanol–water partition coefficient (Wildman–Crippen LogP) is 6.33. The number of aryl methyl sites for hydroxylation is 1. The van der Waals surface area contributed by atoms with Crippen molar-refractivity contribution in [3.05, 3.63) is 131 Å². The van der Waals surface area contributed by atoms with E-state index in [0.717, 1.165) is 11.1 Å². The molecule has 0 saturated carbocycles. The van der Waals surface area contributed by atoms with Gasteiger partial charge in [-0.3, -0.25) is 14.4 Å². The number of ether oxygens (including phenoxy) is 3. The quantitative estimate of drug-likeness (QED) is 0.160. The molecule has 0 saturated heterocycles. The lowest BCUT2D eigenvalue weighted by atomic mass is 10.1. The Bertz CT molecular complexity index is 1650. The average Bonchev–Trinajstić information content (AvgIpc) is 3.03. The van der Waals surface area contributed by atoms with Crippen LogP contribution in [0, 0.1) is 6.92 Å². The third-order valence-electron chi connectivity index (χ3n) is 6.42. The van der Waals surface area contributed by atoms with Crippen LogP contribution in [-0.2, 0) is 4.79 Å². The van der Waals surface area contributed by atoms with Gasteiger partial charge in [0, 0.05) is 16.8 Å². The highest BCUT2D eigenvalue weighted by Gasteiger charge is 2.16. The van der Waals surface area contributed by atoms with E-state index >= 15 is 0 Å². The van der Waals surface area contributed by atoms with Gasteiger partial charge in [-0.25, -0.2) is 0 Å². The second-order valence-electron chi connectivity index (χ2n) is 9.48. The zero-order chi connectivity index (χ0) is 30.8. The van der Waals surface area contributed by atoms with E-state index in [1.165, 1.54) is 27.4 Å². The van der Waals surface area contributed by atoms with Crippen LogP contribution in [0.3, 0.4) is 0 Å². The summed E-state index contributed by atoms with van der Waals surface area (Å²) in [5.74, 6) is 0.265. The lowest BCUT2D eigenvalue weighted by Gasteiger charge is -2.12. The third kappa shape index (κ3) is 7.98. The predicted molar refractivity (Wildman–Crippen MR) is 168 cm³/mol. The van der Waals surface area contributed by atoms with Gasteiger partial charge in [0.15, 0.2) is 17.3 Å². The summed E-state index contributed by atoms with van der Waals surface area (Å²) in [6.07, 6.45) is 4.71. The van der Waals surface area contributed by atoms with Gasteiger partial charge < -0.3 is 24.8 Å². The fourth-order valence-corrected chi connectivity index (χ4v) is 4.25. The van der Waals surface area contributed by atoms with Crippen LogP contribution in [0.2, 0.25) is 0 Å². The van der Waals surface area contributed by atoms with Gasteiger partial charge >= 0.3 is 0 Å². The summed E-state index contributed by atoms with van der Waals surface area (Å²) in [7, 11) is 4.57. The molecule has 0 atom stereocenters. The molecule has 0 aliphatic rings. The molecule has 0 aromatic heterocycles. The van der Waals surface area contributed by atoms with E-state index < -0.39 is 11.8 Å². The highest BCUT2D eigenvalue weighted by molar-refractivity contribution is 6.11. The van der Waals surface area contributed by atoms with Crippen LogP contribution in [0.5, 0.6) is 17.2 Å². The van der Waals surface area contributed by atoms with E-state index in [4.69, 9.17) is 14.2 Å². The SMILES string of the molecule is COc1cc(/C=C/C(=O)c2ccc(NC(=O)/C(=C/c3cccc(C)c3)NC(=O)c3ccccc3)cc2)cc(OC)c1OC.